The SMILES string of the molecule is CC(C)(C)OC(=O)N[C@@H](CCCNC(=O)C(F)(F)F)C(=O)N[C@@H](CCCNC(=O)C(F)(F)F)C(=O)OCc1ccccc1. The lowest BCUT2D eigenvalue weighted by Gasteiger charge is -2.25. The predicted octanol–water partition coefficient (Wildman–Crippen LogP) is 3.03. The zero-order chi connectivity index (χ0) is 32.8. The molecule has 1 aromatic carbocycles. The van der Waals surface area contributed by atoms with E-state index < -0.39 is 72.9 Å². The molecule has 2 atom stereocenters. The maximum absolute atomic E-state index is 13.1. The number of ether oxygens (including phenoxy) is 2. The highest BCUT2D eigenvalue weighted by atomic mass is 19.4. The highest BCUT2D eigenvalue weighted by molar-refractivity contribution is 5.89. The molecule has 0 aromatic heterocycles. The van der Waals surface area contributed by atoms with Crippen molar-refractivity contribution in [3.63, 3.8) is 0 Å². The van der Waals surface area contributed by atoms with Crippen LogP contribution in [0.25, 0.3) is 0 Å². The summed E-state index contributed by atoms with van der Waals surface area (Å²) in [4.78, 5) is 60.4. The maximum Gasteiger partial charge on any atom is 0.471 e. The van der Waals surface area contributed by atoms with Crippen LogP contribution in [0.2, 0.25) is 0 Å². The summed E-state index contributed by atoms with van der Waals surface area (Å²) in [5.41, 5.74) is -0.403. The zero-order valence-corrected chi connectivity index (χ0v) is 23.6. The number of alkyl carbamates (subject to hydrolysis) is 1. The number of nitrogens with one attached hydrogen (secondary N) is 4. The molecule has 242 valence electrons. The number of rotatable bonds is 14. The average molecular weight is 629 g/mol. The molecular formula is C26H34F6N4O7. The van der Waals surface area contributed by atoms with Crippen LogP contribution < -0.4 is 21.3 Å². The van der Waals surface area contributed by atoms with Crippen LogP contribution >= 0.6 is 0 Å². The van der Waals surface area contributed by atoms with Crippen LogP contribution in [0.5, 0.6) is 0 Å². The summed E-state index contributed by atoms with van der Waals surface area (Å²) >= 11 is 0. The van der Waals surface area contributed by atoms with Crippen molar-refractivity contribution in [3.8, 4) is 0 Å². The predicted molar refractivity (Wildman–Crippen MR) is 138 cm³/mol. The Morgan fingerprint density at radius 1 is 0.744 bits per heavy atom. The molecular weight excluding hydrogens is 594 g/mol. The summed E-state index contributed by atoms with van der Waals surface area (Å²) in [7, 11) is 0. The molecule has 0 saturated heterocycles. The van der Waals surface area contributed by atoms with Crippen LogP contribution in [0.4, 0.5) is 31.1 Å². The second kappa shape index (κ2) is 16.6. The van der Waals surface area contributed by atoms with Crippen LogP contribution in [0.3, 0.4) is 0 Å². The van der Waals surface area contributed by atoms with Crippen molar-refractivity contribution >= 4 is 29.8 Å². The van der Waals surface area contributed by atoms with Gasteiger partial charge in [-0.05, 0) is 52.0 Å². The molecule has 11 nitrogen and oxygen atoms in total. The highest BCUT2D eigenvalue weighted by Gasteiger charge is 2.39. The fraction of sp³-hybridized carbons (Fsp3) is 0.577. The molecule has 4 N–H and O–H groups in total. The molecule has 0 saturated carbocycles. The Hall–Kier alpha value is -4.05. The van der Waals surface area contributed by atoms with Gasteiger partial charge in [0.1, 0.15) is 24.3 Å². The van der Waals surface area contributed by atoms with Gasteiger partial charge in [-0.25, -0.2) is 9.59 Å². The van der Waals surface area contributed by atoms with Crippen molar-refractivity contribution in [2.75, 3.05) is 13.1 Å². The second-order valence-corrected chi connectivity index (χ2v) is 10.1. The van der Waals surface area contributed by atoms with Crippen molar-refractivity contribution in [3.05, 3.63) is 35.9 Å². The molecule has 4 amide bonds. The molecule has 0 heterocycles. The topological polar surface area (TPSA) is 152 Å². The minimum Gasteiger partial charge on any atom is -0.459 e. The summed E-state index contributed by atoms with van der Waals surface area (Å²) < 4.78 is 85.0. The highest BCUT2D eigenvalue weighted by Crippen LogP contribution is 2.15. The van der Waals surface area contributed by atoms with E-state index in [2.05, 4.69) is 10.6 Å². The Kier molecular flexibility index (Phi) is 14.2. The van der Waals surface area contributed by atoms with Gasteiger partial charge >= 0.3 is 36.2 Å². The lowest BCUT2D eigenvalue weighted by atomic mass is 10.1. The van der Waals surface area contributed by atoms with Gasteiger partial charge in [-0.15, -0.1) is 0 Å². The number of carbonyl (C=O) groups is 5. The first kappa shape index (κ1) is 37.0. The van der Waals surface area contributed by atoms with Crippen LogP contribution in [-0.2, 0) is 35.3 Å². The number of hydrogen-bond acceptors (Lipinski definition) is 7. The molecule has 1 rings (SSSR count). The molecule has 0 spiro atoms. The number of carbonyl (C=O) groups excluding carboxylic acids is 5. The number of esters is 1. The van der Waals surface area contributed by atoms with E-state index in [0.29, 0.717) is 5.56 Å². The quantitative estimate of drug-likeness (QED) is 0.140. The Morgan fingerprint density at radius 2 is 1.23 bits per heavy atom. The standard InChI is InChI=1S/C26H34F6N4O7/c1-24(2,3)43-23(41)36-17(11-7-13-33-21(39)25(27,28)29)19(37)35-18(12-8-14-34-22(40)26(30,31)32)20(38)42-15-16-9-5-4-6-10-16/h4-6,9-10,17-18H,7-8,11-15H2,1-3H3,(H,33,39)(H,34,40)(H,35,37)(H,36,41)/t17-,18-/m0/s1. The minimum atomic E-state index is -5.13. The number of halogens is 6. The second-order valence-electron chi connectivity index (χ2n) is 10.1. The van der Waals surface area contributed by atoms with Gasteiger partial charge in [0, 0.05) is 13.1 Å². The van der Waals surface area contributed by atoms with Crippen molar-refractivity contribution < 1.29 is 59.8 Å². The molecule has 17 heteroatoms. The van der Waals surface area contributed by atoms with Crippen molar-refractivity contribution in [2.45, 2.75) is 83.1 Å². The third-order valence-corrected chi connectivity index (χ3v) is 5.26. The van der Waals surface area contributed by atoms with Crippen molar-refractivity contribution in [1.82, 2.24) is 21.3 Å². The van der Waals surface area contributed by atoms with Gasteiger partial charge in [0.05, 0.1) is 0 Å². The van der Waals surface area contributed by atoms with Gasteiger partial charge < -0.3 is 30.7 Å². The Morgan fingerprint density at radius 3 is 1.70 bits per heavy atom. The maximum atomic E-state index is 13.1. The van der Waals surface area contributed by atoms with Crippen molar-refractivity contribution in [1.29, 1.82) is 0 Å². The number of hydrogen-bond donors (Lipinski definition) is 4. The van der Waals surface area contributed by atoms with Gasteiger partial charge in [-0.3, -0.25) is 14.4 Å². The normalized spacial score (nSPS) is 13.2. The molecule has 0 bridgehead atoms. The summed E-state index contributed by atoms with van der Waals surface area (Å²) in [6.45, 7) is 3.37. The summed E-state index contributed by atoms with van der Waals surface area (Å²) in [6.07, 6.45) is -12.3. The van der Waals surface area contributed by atoms with Gasteiger partial charge in [0.15, 0.2) is 0 Å². The lowest BCUT2D eigenvalue weighted by Crippen LogP contribution is -2.53. The fourth-order valence-corrected chi connectivity index (χ4v) is 3.29. The monoisotopic (exact) mass is 628 g/mol. The van der Waals surface area contributed by atoms with Crippen LogP contribution in [0.15, 0.2) is 30.3 Å². The molecule has 43 heavy (non-hydrogen) atoms. The fourth-order valence-electron chi connectivity index (χ4n) is 3.29. The van der Waals surface area contributed by atoms with Gasteiger partial charge in [-0.1, -0.05) is 30.3 Å². The molecule has 0 aliphatic rings. The van der Waals surface area contributed by atoms with Crippen LogP contribution in [0.1, 0.15) is 52.0 Å². The van der Waals surface area contributed by atoms with Crippen LogP contribution in [0, 0.1) is 0 Å². The largest absolute Gasteiger partial charge is 0.471 e. The summed E-state index contributed by atoms with van der Waals surface area (Å²) in [6, 6.07) is 5.44. The molecule has 1 aromatic rings. The van der Waals surface area contributed by atoms with E-state index in [0.717, 1.165) is 0 Å². The van der Waals surface area contributed by atoms with Gasteiger partial charge in [0.2, 0.25) is 5.91 Å². The average Bonchev–Trinajstić information content (AvgIpc) is 2.88. The van der Waals surface area contributed by atoms with E-state index in [4.69, 9.17) is 9.47 Å². The Balaban J connectivity index is 2.99. The molecule has 0 unspecified atom stereocenters. The van der Waals surface area contributed by atoms with Gasteiger partial charge in [0.25, 0.3) is 0 Å². The minimum absolute atomic E-state index is 0.208. The first-order valence-electron chi connectivity index (χ1n) is 13.0. The van der Waals surface area contributed by atoms with E-state index in [1.54, 1.807) is 41.0 Å². The van der Waals surface area contributed by atoms with Crippen molar-refractivity contribution in [2.24, 2.45) is 0 Å². The third-order valence-electron chi connectivity index (χ3n) is 5.26. The van der Waals surface area contributed by atoms with Crippen LogP contribution in [-0.4, -0.2) is 72.9 Å². The smallest absolute Gasteiger partial charge is 0.459 e. The van der Waals surface area contributed by atoms with E-state index in [9.17, 15) is 50.3 Å². The Bertz CT molecular complexity index is 1090. The number of benzene rings is 1. The van der Waals surface area contributed by atoms with E-state index in [1.807, 2.05) is 0 Å². The van der Waals surface area contributed by atoms with E-state index in [-0.39, 0.29) is 32.3 Å². The third kappa shape index (κ3) is 15.7. The number of amides is 4. The first-order chi connectivity index (χ1) is 19.8. The lowest BCUT2D eigenvalue weighted by molar-refractivity contribution is -0.173. The summed E-state index contributed by atoms with van der Waals surface area (Å²) in [5, 5.41) is 7.84. The molecule has 0 aliphatic carbocycles. The molecule has 0 fully saturated rings. The van der Waals surface area contributed by atoms with E-state index in [1.165, 1.54) is 20.8 Å². The Labute approximate surface area is 243 Å². The molecule has 0 aliphatic heterocycles. The van der Waals surface area contributed by atoms with Gasteiger partial charge in [-0.2, -0.15) is 26.3 Å². The first-order valence-corrected chi connectivity index (χ1v) is 13.0. The number of alkyl halides is 6. The molecule has 0 radical (unpaired) electrons. The zero-order valence-electron chi connectivity index (χ0n) is 23.6. The summed E-state index contributed by atoms with van der Waals surface area (Å²) in [5.74, 6) is -6.37. The van der Waals surface area contributed by atoms with E-state index >= 15 is 0 Å².